The maximum atomic E-state index is 13.3. The van der Waals surface area contributed by atoms with Crippen LogP contribution in [-0.2, 0) is 6.42 Å². The SMILES string of the molecule is Cc1oncc1NC(=O)N1CCC(=Cc2cccc(OCCc3cccc(F)c3)c2)CC1. The van der Waals surface area contributed by atoms with E-state index in [1.54, 1.807) is 17.9 Å². The van der Waals surface area contributed by atoms with E-state index in [2.05, 4.69) is 16.5 Å². The lowest BCUT2D eigenvalue weighted by molar-refractivity contribution is 0.207. The molecule has 4 rings (SSSR count). The number of carbonyl (C=O) groups is 1. The maximum absolute atomic E-state index is 13.3. The Bertz CT molecular complexity index is 1100. The van der Waals surface area contributed by atoms with Crippen LogP contribution in [-0.4, -0.2) is 35.8 Å². The van der Waals surface area contributed by atoms with Gasteiger partial charge in [0, 0.05) is 19.5 Å². The molecule has 1 aromatic heterocycles. The number of nitrogens with zero attached hydrogens (tertiary/aromatic N) is 2. The fourth-order valence-electron chi connectivity index (χ4n) is 3.66. The number of urea groups is 1. The molecule has 3 aromatic rings. The van der Waals surface area contributed by atoms with Crippen LogP contribution in [0.5, 0.6) is 5.75 Å². The van der Waals surface area contributed by atoms with Crippen molar-refractivity contribution < 1.29 is 18.4 Å². The Hall–Kier alpha value is -3.61. The van der Waals surface area contributed by atoms with Gasteiger partial charge in [0.2, 0.25) is 0 Å². The minimum atomic E-state index is -0.228. The van der Waals surface area contributed by atoms with Gasteiger partial charge in [0.05, 0.1) is 12.8 Å². The first-order valence-corrected chi connectivity index (χ1v) is 10.7. The summed E-state index contributed by atoms with van der Waals surface area (Å²) in [5.74, 6) is 1.15. The minimum absolute atomic E-state index is 0.135. The van der Waals surface area contributed by atoms with Gasteiger partial charge in [0.25, 0.3) is 0 Å². The van der Waals surface area contributed by atoms with Gasteiger partial charge in [-0.2, -0.15) is 0 Å². The highest BCUT2D eigenvalue weighted by Gasteiger charge is 2.20. The standard InChI is InChI=1S/C25H26FN3O3/c1-18-24(17-27-32-18)28-25(30)29-11-8-20(9-12-29)14-21-5-3-7-23(16-21)31-13-10-19-4-2-6-22(26)15-19/h2-7,14-17H,8-13H2,1H3,(H,28,30). The summed E-state index contributed by atoms with van der Waals surface area (Å²) in [5, 5.41) is 6.52. The van der Waals surface area contributed by atoms with Crippen LogP contribution in [0.1, 0.15) is 29.7 Å². The number of likely N-dealkylation sites (tertiary alicyclic amines) is 1. The van der Waals surface area contributed by atoms with Gasteiger partial charge in [-0.1, -0.05) is 41.1 Å². The van der Waals surface area contributed by atoms with Crippen LogP contribution in [0.15, 0.2) is 64.8 Å². The zero-order valence-electron chi connectivity index (χ0n) is 18.0. The highest BCUT2D eigenvalue weighted by molar-refractivity contribution is 5.89. The van der Waals surface area contributed by atoms with Gasteiger partial charge in [-0.15, -0.1) is 0 Å². The number of hydrogen-bond acceptors (Lipinski definition) is 4. The molecular weight excluding hydrogens is 409 g/mol. The number of amides is 2. The molecule has 1 aliphatic heterocycles. The highest BCUT2D eigenvalue weighted by atomic mass is 19.1. The maximum Gasteiger partial charge on any atom is 0.322 e. The van der Waals surface area contributed by atoms with Crippen LogP contribution < -0.4 is 10.1 Å². The number of anilines is 1. The molecule has 7 heteroatoms. The van der Waals surface area contributed by atoms with Crippen molar-refractivity contribution in [3.8, 4) is 5.75 Å². The smallest absolute Gasteiger partial charge is 0.322 e. The summed E-state index contributed by atoms with van der Waals surface area (Å²) >= 11 is 0. The average molecular weight is 435 g/mol. The fraction of sp³-hybridized carbons (Fsp3) is 0.280. The molecular formula is C25H26FN3O3. The van der Waals surface area contributed by atoms with E-state index in [0.29, 0.717) is 37.6 Å². The number of carbonyl (C=O) groups excluding carboxylic acids is 1. The van der Waals surface area contributed by atoms with Gasteiger partial charge in [-0.05, 0) is 55.2 Å². The number of aromatic nitrogens is 1. The Balaban J connectivity index is 1.28. The lowest BCUT2D eigenvalue weighted by Gasteiger charge is -2.28. The number of hydrogen-bond donors (Lipinski definition) is 1. The summed E-state index contributed by atoms with van der Waals surface area (Å²) in [5.41, 5.74) is 3.89. The van der Waals surface area contributed by atoms with Crippen molar-refractivity contribution >= 4 is 17.8 Å². The van der Waals surface area contributed by atoms with E-state index in [-0.39, 0.29) is 11.8 Å². The Kier molecular flexibility index (Phi) is 6.84. The van der Waals surface area contributed by atoms with Crippen molar-refractivity contribution in [1.29, 1.82) is 0 Å². The van der Waals surface area contributed by atoms with E-state index in [4.69, 9.17) is 9.26 Å². The summed E-state index contributed by atoms with van der Waals surface area (Å²) in [6.07, 6.45) is 5.96. The molecule has 0 bridgehead atoms. The zero-order chi connectivity index (χ0) is 22.3. The second kappa shape index (κ2) is 10.1. The number of nitrogens with one attached hydrogen (secondary N) is 1. The molecule has 0 aliphatic carbocycles. The number of halogens is 1. The Morgan fingerprint density at radius 2 is 2.03 bits per heavy atom. The molecule has 6 nitrogen and oxygen atoms in total. The highest BCUT2D eigenvalue weighted by Crippen LogP contribution is 2.23. The Morgan fingerprint density at radius 1 is 1.22 bits per heavy atom. The van der Waals surface area contributed by atoms with E-state index in [0.717, 1.165) is 29.7 Å². The molecule has 1 aliphatic rings. The van der Waals surface area contributed by atoms with E-state index in [9.17, 15) is 9.18 Å². The number of piperidine rings is 1. The molecule has 0 spiro atoms. The van der Waals surface area contributed by atoms with Gasteiger partial charge in [0.15, 0.2) is 5.76 Å². The van der Waals surface area contributed by atoms with Crippen molar-refractivity contribution in [3.63, 3.8) is 0 Å². The van der Waals surface area contributed by atoms with Crippen molar-refractivity contribution in [2.45, 2.75) is 26.2 Å². The topological polar surface area (TPSA) is 67.6 Å². The molecule has 1 N–H and O–H groups in total. The van der Waals surface area contributed by atoms with E-state index < -0.39 is 0 Å². The van der Waals surface area contributed by atoms with Crippen molar-refractivity contribution in [2.24, 2.45) is 0 Å². The van der Waals surface area contributed by atoms with Crippen LogP contribution in [0.3, 0.4) is 0 Å². The van der Waals surface area contributed by atoms with Crippen molar-refractivity contribution in [3.05, 3.63) is 83.0 Å². The van der Waals surface area contributed by atoms with Gasteiger partial charge >= 0.3 is 6.03 Å². The molecule has 2 aromatic carbocycles. The molecule has 1 fully saturated rings. The first-order valence-electron chi connectivity index (χ1n) is 10.7. The van der Waals surface area contributed by atoms with Crippen LogP contribution in [0, 0.1) is 12.7 Å². The monoisotopic (exact) mass is 435 g/mol. The second-order valence-corrected chi connectivity index (χ2v) is 7.82. The zero-order valence-corrected chi connectivity index (χ0v) is 18.0. The van der Waals surface area contributed by atoms with Crippen molar-refractivity contribution in [2.75, 3.05) is 25.0 Å². The van der Waals surface area contributed by atoms with Crippen LogP contribution in [0.4, 0.5) is 14.9 Å². The van der Waals surface area contributed by atoms with Gasteiger partial charge in [-0.3, -0.25) is 0 Å². The predicted molar refractivity (Wildman–Crippen MR) is 121 cm³/mol. The molecule has 0 radical (unpaired) electrons. The molecule has 32 heavy (non-hydrogen) atoms. The summed E-state index contributed by atoms with van der Waals surface area (Å²) < 4.78 is 24.1. The van der Waals surface area contributed by atoms with E-state index >= 15 is 0 Å². The van der Waals surface area contributed by atoms with Gasteiger partial charge in [0.1, 0.15) is 17.3 Å². The molecule has 0 unspecified atom stereocenters. The van der Waals surface area contributed by atoms with Crippen LogP contribution >= 0.6 is 0 Å². The first-order chi connectivity index (χ1) is 15.6. The Morgan fingerprint density at radius 3 is 2.78 bits per heavy atom. The van der Waals surface area contributed by atoms with Gasteiger partial charge < -0.3 is 19.5 Å². The molecule has 0 atom stereocenters. The summed E-state index contributed by atoms with van der Waals surface area (Å²) in [6.45, 7) is 3.57. The lowest BCUT2D eigenvalue weighted by atomic mass is 10.0. The third kappa shape index (κ3) is 5.75. The second-order valence-electron chi connectivity index (χ2n) is 7.82. The van der Waals surface area contributed by atoms with Crippen LogP contribution in [0.25, 0.3) is 6.08 Å². The molecule has 0 saturated carbocycles. The Labute approximate surface area is 186 Å². The normalized spacial score (nSPS) is 13.7. The lowest BCUT2D eigenvalue weighted by Crippen LogP contribution is -2.39. The van der Waals surface area contributed by atoms with Gasteiger partial charge in [-0.25, -0.2) is 9.18 Å². The predicted octanol–water partition coefficient (Wildman–Crippen LogP) is 5.45. The largest absolute Gasteiger partial charge is 0.493 e. The number of ether oxygens (including phenoxy) is 1. The molecule has 2 heterocycles. The molecule has 1 saturated heterocycles. The summed E-state index contributed by atoms with van der Waals surface area (Å²) in [6, 6.07) is 14.4. The number of aryl methyl sites for hydroxylation is 1. The quantitative estimate of drug-likeness (QED) is 0.559. The fourth-order valence-corrected chi connectivity index (χ4v) is 3.66. The average Bonchev–Trinajstić information content (AvgIpc) is 3.19. The number of benzene rings is 2. The van der Waals surface area contributed by atoms with E-state index in [1.807, 2.05) is 30.3 Å². The van der Waals surface area contributed by atoms with Crippen molar-refractivity contribution in [1.82, 2.24) is 10.1 Å². The third-order valence-corrected chi connectivity index (χ3v) is 5.46. The number of rotatable bonds is 6. The third-order valence-electron chi connectivity index (χ3n) is 5.46. The summed E-state index contributed by atoms with van der Waals surface area (Å²) in [7, 11) is 0. The van der Waals surface area contributed by atoms with E-state index in [1.165, 1.54) is 23.9 Å². The molecule has 166 valence electrons. The minimum Gasteiger partial charge on any atom is -0.493 e. The van der Waals surface area contributed by atoms with Crippen LogP contribution in [0.2, 0.25) is 0 Å². The first kappa shape index (κ1) is 21.6. The molecule has 2 amide bonds. The summed E-state index contributed by atoms with van der Waals surface area (Å²) in [4.78, 5) is 14.2.